The zero-order valence-electron chi connectivity index (χ0n) is 13.8. The van der Waals surface area contributed by atoms with Crippen LogP contribution in [0.5, 0.6) is 0 Å². The average molecular weight is 400 g/mol. The maximum Gasteiger partial charge on any atom is 0.416 e. The SMILES string of the molecule is FC(F)(F)c1cccc(NC(=S)N2CCN(c3cccc(Cl)c3)CC2)c1. The number of alkyl halides is 3. The first-order valence-corrected chi connectivity index (χ1v) is 8.85. The summed E-state index contributed by atoms with van der Waals surface area (Å²) in [6.07, 6.45) is -4.37. The van der Waals surface area contributed by atoms with E-state index >= 15 is 0 Å². The van der Waals surface area contributed by atoms with Crippen molar-refractivity contribution in [3.05, 3.63) is 59.1 Å². The largest absolute Gasteiger partial charge is 0.416 e. The molecule has 0 spiro atoms. The fourth-order valence-corrected chi connectivity index (χ4v) is 3.30. The molecule has 0 atom stereocenters. The number of thiocarbonyl (C=S) groups is 1. The Bertz CT molecular complexity index is 789. The second kappa shape index (κ2) is 7.72. The van der Waals surface area contributed by atoms with Gasteiger partial charge in [0.25, 0.3) is 0 Å². The minimum absolute atomic E-state index is 0.335. The molecule has 1 heterocycles. The molecule has 138 valence electrons. The van der Waals surface area contributed by atoms with Crippen molar-refractivity contribution < 1.29 is 13.2 Å². The van der Waals surface area contributed by atoms with Crippen LogP contribution >= 0.6 is 23.8 Å². The fourth-order valence-electron chi connectivity index (χ4n) is 2.82. The molecule has 0 radical (unpaired) electrons. The molecule has 0 unspecified atom stereocenters. The van der Waals surface area contributed by atoms with E-state index in [9.17, 15) is 13.2 Å². The molecule has 1 aliphatic rings. The summed E-state index contributed by atoms with van der Waals surface area (Å²) >= 11 is 11.4. The molecule has 1 saturated heterocycles. The van der Waals surface area contributed by atoms with E-state index < -0.39 is 11.7 Å². The Labute approximate surface area is 160 Å². The van der Waals surface area contributed by atoms with Crippen LogP contribution < -0.4 is 10.2 Å². The molecule has 0 amide bonds. The molecule has 1 N–H and O–H groups in total. The number of hydrogen-bond donors (Lipinski definition) is 1. The van der Waals surface area contributed by atoms with Crippen LogP contribution in [0.2, 0.25) is 5.02 Å². The third-order valence-electron chi connectivity index (χ3n) is 4.18. The van der Waals surface area contributed by atoms with Gasteiger partial charge in [-0.05, 0) is 48.6 Å². The molecule has 1 aliphatic heterocycles. The second-order valence-electron chi connectivity index (χ2n) is 5.96. The van der Waals surface area contributed by atoms with Crippen molar-refractivity contribution in [3.8, 4) is 0 Å². The summed E-state index contributed by atoms with van der Waals surface area (Å²) in [5, 5.41) is 4.02. The first-order chi connectivity index (χ1) is 12.3. The summed E-state index contributed by atoms with van der Waals surface area (Å²) < 4.78 is 38.4. The first-order valence-electron chi connectivity index (χ1n) is 8.06. The lowest BCUT2D eigenvalue weighted by molar-refractivity contribution is -0.137. The molecular weight excluding hydrogens is 383 g/mol. The molecule has 1 fully saturated rings. The summed E-state index contributed by atoms with van der Waals surface area (Å²) in [6, 6.07) is 12.7. The van der Waals surface area contributed by atoms with Crippen molar-refractivity contribution in [1.29, 1.82) is 0 Å². The zero-order valence-corrected chi connectivity index (χ0v) is 15.3. The van der Waals surface area contributed by atoms with Crippen LogP contribution in [0.3, 0.4) is 0 Å². The van der Waals surface area contributed by atoms with Gasteiger partial charge in [-0.1, -0.05) is 23.7 Å². The quantitative estimate of drug-likeness (QED) is 0.725. The summed E-state index contributed by atoms with van der Waals surface area (Å²) in [7, 11) is 0. The molecule has 3 nitrogen and oxygen atoms in total. The number of nitrogens with one attached hydrogen (secondary N) is 1. The van der Waals surface area contributed by atoms with Crippen molar-refractivity contribution in [3.63, 3.8) is 0 Å². The lowest BCUT2D eigenvalue weighted by Crippen LogP contribution is -2.50. The van der Waals surface area contributed by atoms with E-state index in [1.807, 2.05) is 29.2 Å². The van der Waals surface area contributed by atoms with Gasteiger partial charge in [0, 0.05) is 42.6 Å². The maximum absolute atomic E-state index is 12.8. The summed E-state index contributed by atoms with van der Waals surface area (Å²) in [6.45, 7) is 2.87. The molecule has 2 aromatic rings. The van der Waals surface area contributed by atoms with E-state index in [-0.39, 0.29) is 0 Å². The van der Waals surface area contributed by atoms with Crippen molar-refractivity contribution in [2.45, 2.75) is 6.18 Å². The van der Waals surface area contributed by atoms with Gasteiger partial charge in [-0.15, -0.1) is 0 Å². The number of anilines is 2. The van der Waals surface area contributed by atoms with Crippen LogP contribution in [0.25, 0.3) is 0 Å². The standard InChI is InChI=1S/C18H17ClF3N3S/c19-14-4-2-6-16(12-14)24-7-9-25(10-8-24)17(26)23-15-5-1-3-13(11-15)18(20,21)22/h1-6,11-12H,7-10H2,(H,23,26). The van der Waals surface area contributed by atoms with E-state index in [2.05, 4.69) is 10.2 Å². The van der Waals surface area contributed by atoms with Gasteiger partial charge in [0.1, 0.15) is 0 Å². The molecule has 0 saturated carbocycles. The Hall–Kier alpha value is -1.99. The lowest BCUT2D eigenvalue weighted by atomic mass is 10.2. The highest BCUT2D eigenvalue weighted by molar-refractivity contribution is 7.80. The van der Waals surface area contributed by atoms with Crippen LogP contribution in [0.15, 0.2) is 48.5 Å². The minimum atomic E-state index is -4.37. The number of halogens is 4. The van der Waals surface area contributed by atoms with Crippen LogP contribution in [-0.4, -0.2) is 36.2 Å². The predicted octanol–water partition coefficient (Wildman–Crippen LogP) is 4.88. The van der Waals surface area contributed by atoms with Crippen molar-refractivity contribution in [1.82, 2.24) is 4.90 Å². The first kappa shape index (κ1) is 18.8. The van der Waals surface area contributed by atoms with E-state index in [4.69, 9.17) is 23.8 Å². The summed E-state index contributed by atoms with van der Waals surface area (Å²) in [5.74, 6) is 0. The molecule has 26 heavy (non-hydrogen) atoms. The Morgan fingerprint density at radius 1 is 1.00 bits per heavy atom. The Kier molecular flexibility index (Phi) is 5.58. The number of benzene rings is 2. The molecule has 3 rings (SSSR count). The van der Waals surface area contributed by atoms with E-state index in [0.717, 1.165) is 30.9 Å². The maximum atomic E-state index is 12.8. The van der Waals surface area contributed by atoms with Gasteiger partial charge in [0.05, 0.1) is 5.56 Å². The lowest BCUT2D eigenvalue weighted by Gasteiger charge is -2.37. The van der Waals surface area contributed by atoms with Crippen molar-refractivity contribution in [2.75, 3.05) is 36.4 Å². The Balaban J connectivity index is 1.59. The Morgan fingerprint density at radius 3 is 2.35 bits per heavy atom. The third-order valence-corrected chi connectivity index (χ3v) is 4.78. The monoisotopic (exact) mass is 399 g/mol. The molecule has 0 aromatic heterocycles. The number of hydrogen-bond acceptors (Lipinski definition) is 2. The summed E-state index contributed by atoms with van der Waals surface area (Å²) in [5.41, 5.74) is 0.687. The van der Waals surface area contributed by atoms with Gasteiger partial charge in [-0.25, -0.2) is 0 Å². The van der Waals surface area contributed by atoms with Crippen LogP contribution in [0, 0.1) is 0 Å². The van der Waals surface area contributed by atoms with Crippen LogP contribution in [0.4, 0.5) is 24.5 Å². The zero-order chi connectivity index (χ0) is 18.7. The number of piperazine rings is 1. The average Bonchev–Trinajstić information content (AvgIpc) is 2.61. The van der Waals surface area contributed by atoms with Gasteiger partial charge < -0.3 is 15.1 Å². The summed E-state index contributed by atoms with van der Waals surface area (Å²) in [4.78, 5) is 4.16. The van der Waals surface area contributed by atoms with Gasteiger partial charge in [-0.3, -0.25) is 0 Å². The topological polar surface area (TPSA) is 18.5 Å². The molecular formula is C18H17ClF3N3S. The van der Waals surface area contributed by atoms with Gasteiger partial charge in [0.2, 0.25) is 0 Å². The molecule has 0 aliphatic carbocycles. The van der Waals surface area contributed by atoms with Gasteiger partial charge >= 0.3 is 6.18 Å². The highest BCUT2D eigenvalue weighted by Gasteiger charge is 2.30. The molecule has 2 aromatic carbocycles. The van der Waals surface area contributed by atoms with Gasteiger partial charge in [0.15, 0.2) is 5.11 Å². The highest BCUT2D eigenvalue weighted by atomic mass is 35.5. The normalized spacial score (nSPS) is 15.1. The van der Waals surface area contributed by atoms with Crippen molar-refractivity contribution in [2.24, 2.45) is 0 Å². The predicted molar refractivity (Wildman–Crippen MR) is 103 cm³/mol. The van der Waals surface area contributed by atoms with Crippen molar-refractivity contribution >= 4 is 40.3 Å². The number of nitrogens with zero attached hydrogens (tertiary/aromatic N) is 2. The Morgan fingerprint density at radius 2 is 1.69 bits per heavy atom. The van der Waals surface area contributed by atoms with Crippen LogP contribution in [0.1, 0.15) is 5.56 Å². The van der Waals surface area contributed by atoms with E-state index in [0.29, 0.717) is 28.9 Å². The fraction of sp³-hybridized carbons (Fsp3) is 0.278. The number of rotatable bonds is 2. The smallest absolute Gasteiger partial charge is 0.368 e. The molecule has 0 bridgehead atoms. The van der Waals surface area contributed by atoms with E-state index in [1.54, 1.807) is 6.07 Å². The highest BCUT2D eigenvalue weighted by Crippen LogP contribution is 2.30. The second-order valence-corrected chi connectivity index (χ2v) is 6.79. The molecule has 8 heteroatoms. The van der Waals surface area contributed by atoms with Gasteiger partial charge in [-0.2, -0.15) is 13.2 Å². The third kappa shape index (κ3) is 4.59. The van der Waals surface area contributed by atoms with E-state index in [1.165, 1.54) is 6.07 Å². The minimum Gasteiger partial charge on any atom is -0.368 e. The van der Waals surface area contributed by atoms with Crippen LogP contribution in [-0.2, 0) is 6.18 Å².